The van der Waals surface area contributed by atoms with Crippen LogP contribution in [-0.4, -0.2) is 13.2 Å². The molecule has 2 nitrogen and oxygen atoms in total. The number of alkyl halides is 4. The Bertz CT molecular complexity index is 335. The van der Waals surface area contributed by atoms with E-state index in [1.165, 1.54) is 19.1 Å². The zero-order valence-electron chi connectivity index (χ0n) is 8.34. The van der Waals surface area contributed by atoms with Gasteiger partial charge < -0.3 is 9.47 Å². The largest absolute Gasteiger partial charge is 0.434 e. The molecule has 89 valence electrons. The van der Waals surface area contributed by atoms with Crippen molar-refractivity contribution in [2.75, 3.05) is 0 Å². The standard InChI is InChI=1S/C10H9F4O2/c1-5-3-7(15-9(11)12)6(2)8(4-5)16-10(13)14/h3-4,9-10H,2H2,1H3. The van der Waals surface area contributed by atoms with E-state index in [1.54, 1.807) is 0 Å². The van der Waals surface area contributed by atoms with Crippen LogP contribution in [0.25, 0.3) is 0 Å². The van der Waals surface area contributed by atoms with Crippen molar-refractivity contribution in [3.8, 4) is 11.5 Å². The van der Waals surface area contributed by atoms with E-state index in [1.807, 2.05) is 0 Å². The highest BCUT2D eigenvalue weighted by atomic mass is 19.3. The van der Waals surface area contributed by atoms with Crippen molar-refractivity contribution >= 4 is 0 Å². The Morgan fingerprint density at radius 1 is 1.00 bits per heavy atom. The van der Waals surface area contributed by atoms with E-state index in [9.17, 15) is 17.6 Å². The number of benzene rings is 1. The van der Waals surface area contributed by atoms with Crippen LogP contribution in [0.5, 0.6) is 11.5 Å². The van der Waals surface area contributed by atoms with E-state index < -0.39 is 13.2 Å². The van der Waals surface area contributed by atoms with Gasteiger partial charge in [0.05, 0.1) is 0 Å². The Morgan fingerprint density at radius 2 is 1.38 bits per heavy atom. The summed E-state index contributed by atoms with van der Waals surface area (Å²) < 4.78 is 56.2. The summed E-state index contributed by atoms with van der Waals surface area (Å²) in [6.45, 7) is -1.19. The average Bonchev–Trinajstić information content (AvgIpc) is 2.11. The molecular formula is C10H9F4O2. The third-order valence-corrected chi connectivity index (χ3v) is 1.74. The fraction of sp³-hybridized carbons (Fsp3) is 0.300. The van der Waals surface area contributed by atoms with Gasteiger partial charge in [-0.2, -0.15) is 17.6 Å². The molecule has 0 saturated heterocycles. The number of hydrogen-bond donors (Lipinski definition) is 0. The first-order valence-corrected chi connectivity index (χ1v) is 4.26. The van der Waals surface area contributed by atoms with Gasteiger partial charge in [-0.25, -0.2) is 0 Å². The van der Waals surface area contributed by atoms with Crippen LogP contribution in [0.1, 0.15) is 11.1 Å². The third kappa shape index (κ3) is 3.29. The molecule has 1 radical (unpaired) electrons. The van der Waals surface area contributed by atoms with Crippen molar-refractivity contribution in [3.63, 3.8) is 0 Å². The molecule has 0 aliphatic heterocycles. The van der Waals surface area contributed by atoms with E-state index in [-0.39, 0.29) is 17.1 Å². The van der Waals surface area contributed by atoms with Crippen LogP contribution in [-0.2, 0) is 0 Å². The average molecular weight is 237 g/mol. The lowest BCUT2D eigenvalue weighted by atomic mass is 10.1. The summed E-state index contributed by atoms with van der Waals surface area (Å²) >= 11 is 0. The fourth-order valence-corrected chi connectivity index (χ4v) is 1.15. The molecule has 0 amide bonds. The topological polar surface area (TPSA) is 18.5 Å². The first-order chi connectivity index (χ1) is 7.40. The van der Waals surface area contributed by atoms with Gasteiger partial charge in [-0.15, -0.1) is 0 Å². The molecule has 1 aromatic rings. The fourth-order valence-electron chi connectivity index (χ4n) is 1.15. The molecule has 0 aromatic heterocycles. The summed E-state index contributed by atoms with van der Waals surface area (Å²) in [5.41, 5.74) is 0.324. The Kier molecular flexibility index (Phi) is 3.98. The van der Waals surface area contributed by atoms with Crippen molar-refractivity contribution in [3.05, 3.63) is 30.2 Å². The molecule has 0 aliphatic carbocycles. The molecule has 1 rings (SSSR count). The van der Waals surface area contributed by atoms with Gasteiger partial charge in [0, 0.05) is 5.56 Å². The van der Waals surface area contributed by atoms with Crippen LogP contribution < -0.4 is 9.47 Å². The summed E-state index contributed by atoms with van der Waals surface area (Å²) in [6, 6.07) is 2.54. The van der Waals surface area contributed by atoms with Gasteiger partial charge in [0.1, 0.15) is 11.5 Å². The van der Waals surface area contributed by atoms with Crippen LogP contribution in [0.3, 0.4) is 0 Å². The van der Waals surface area contributed by atoms with E-state index in [0.29, 0.717) is 5.56 Å². The summed E-state index contributed by atoms with van der Waals surface area (Å²) in [7, 11) is 0. The van der Waals surface area contributed by atoms with Crippen molar-refractivity contribution in [2.24, 2.45) is 0 Å². The van der Waals surface area contributed by atoms with Gasteiger partial charge in [-0.1, -0.05) is 0 Å². The van der Waals surface area contributed by atoms with Crippen LogP contribution >= 0.6 is 0 Å². The number of hydrogen-bond acceptors (Lipinski definition) is 2. The minimum atomic E-state index is -3.04. The summed E-state index contributed by atoms with van der Waals surface area (Å²) in [6.07, 6.45) is 0. The zero-order chi connectivity index (χ0) is 12.3. The van der Waals surface area contributed by atoms with Crippen LogP contribution in [0.2, 0.25) is 0 Å². The lowest BCUT2D eigenvalue weighted by Gasteiger charge is -2.13. The molecule has 0 heterocycles. The van der Waals surface area contributed by atoms with Crippen LogP contribution in [0.4, 0.5) is 17.6 Å². The van der Waals surface area contributed by atoms with Crippen LogP contribution in [0, 0.1) is 13.8 Å². The maximum absolute atomic E-state index is 12.0. The van der Waals surface area contributed by atoms with Crippen molar-refractivity contribution in [2.45, 2.75) is 20.1 Å². The first kappa shape index (κ1) is 12.6. The van der Waals surface area contributed by atoms with Gasteiger partial charge >= 0.3 is 13.2 Å². The highest BCUT2D eigenvalue weighted by Gasteiger charge is 2.14. The second-order valence-corrected chi connectivity index (χ2v) is 3.00. The normalized spacial score (nSPS) is 11.0. The maximum atomic E-state index is 12.0. The van der Waals surface area contributed by atoms with E-state index in [2.05, 4.69) is 16.4 Å². The number of rotatable bonds is 4. The van der Waals surface area contributed by atoms with Gasteiger partial charge in [0.2, 0.25) is 0 Å². The van der Waals surface area contributed by atoms with Gasteiger partial charge in [-0.05, 0) is 31.5 Å². The molecule has 0 spiro atoms. The van der Waals surface area contributed by atoms with Crippen molar-refractivity contribution < 1.29 is 27.0 Å². The Hall–Kier alpha value is -1.46. The second-order valence-electron chi connectivity index (χ2n) is 3.00. The highest BCUT2D eigenvalue weighted by molar-refractivity contribution is 5.49. The van der Waals surface area contributed by atoms with Crippen LogP contribution in [0.15, 0.2) is 12.1 Å². The van der Waals surface area contributed by atoms with Gasteiger partial charge in [0.25, 0.3) is 0 Å². The Balaban J connectivity index is 3.05. The number of aryl methyl sites for hydroxylation is 1. The summed E-state index contributed by atoms with van der Waals surface area (Å²) in [4.78, 5) is 0. The molecule has 0 unspecified atom stereocenters. The smallest absolute Gasteiger partial charge is 0.387 e. The van der Waals surface area contributed by atoms with Crippen molar-refractivity contribution in [1.82, 2.24) is 0 Å². The molecule has 0 atom stereocenters. The molecule has 16 heavy (non-hydrogen) atoms. The first-order valence-electron chi connectivity index (χ1n) is 4.26. The van der Waals surface area contributed by atoms with Gasteiger partial charge in [0.15, 0.2) is 0 Å². The minimum absolute atomic E-state index is 0.133. The molecule has 0 aliphatic rings. The quantitative estimate of drug-likeness (QED) is 0.747. The molecule has 0 N–H and O–H groups in total. The molecule has 0 fully saturated rings. The number of halogens is 4. The zero-order valence-corrected chi connectivity index (χ0v) is 8.34. The molecule has 0 bridgehead atoms. The monoisotopic (exact) mass is 237 g/mol. The Morgan fingerprint density at radius 3 is 1.69 bits per heavy atom. The number of ether oxygens (including phenoxy) is 2. The molecule has 1 aromatic carbocycles. The second kappa shape index (κ2) is 5.05. The maximum Gasteiger partial charge on any atom is 0.387 e. The van der Waals surface area contributed by atoms with Gasteiger partial charge in [-0.3, -0.25) is 0 Å². The lowest BCUT2D eigenvalue weighted by Crippen LogP contribution is -2.07. The predicted molar refractivity (Wildman–Crippen MR) is 48.9 cm³/mol. The van der Waals surface area contributed by atoms with E-state index in [4.69, 9.17) is 0 Å². The highest BCUT2D eigenvalue weighted by Crippen LogP contribution is 2.31. The summed E-state index contributed by atoms with van der Waals surface area (Å²) in [5, 5.41) is 0. The van der Waals surface area contributed by atoms with Crippen molar-refractivity contribution in [1.29, 1.82) is 0 Å². The predicted octanol–water partition coefficient (Wildman–Crippen LogP) is 3.38. The third-order valence-electron chi connectivity index (χ3n) is 1.74. The lowest BCUT2D eigenvalue weighted by molar-refractivity contribution is -0.0548. The Labute approximate surface area is 89.8 Å². The van der Waals surface area contributed by atoms with E-state index >= 15 is 0 Å². The summed E-state index contributed by atoms with van der Waals surface area (Å²) in [5.74, 6) is -0.545. The molecule has 0 saturated carbocycles. The van der Waals surface area contributed by atoms with E-state index in [0.717, 1.165) is 0 Å². The SMILES string of the molecule is [CH2]c1c(OC(F)F)cc(C)cc1OC(F)F. The molecular weight excluding hydrogens is 228 g/mol. The minimum Gasteiger partial charge on any atom is -0.434 e. The molecule has 6 heteroatoms.